The van der Waals surface area contributed by atoms with Crippen molar-refractivity contribution in [2.45, 2.75) is 39.3 Å². The number of hydrogen-bond acceptors (Lipinski definition) is 3. The molecule has 0 atom stereocenters. The number of hydrogen-bond donors (Lipinski definition) is 0. The van der Waals surface area contributed by atoms with Crippen molar-refractivity contribution >= 4 is 5.78 Å². The van der Waals surface area contributed by atoms with Gasteiger partial charge in [0.25, 0.3) is 0 Å². The average molecular weight is 320 g/mol. The number of benzene rings is 2. The van der Waals surface area contributed by atoms with Gasteiger partial charge in [-0.15, -0.1) is 0 Å². The molecule has 0 fully saturated rings. The number of carbonyl (C=O) groups is 1. The minimum atomic E-state index is -0.0131. The summed E-state index contributed by atoms with van der Waals surface area (Å²) in [7, 11) is 0. The SMILES string of the molecule is CC(C)(C)N(CCC(=O)c1ccc(C#N)cc1)Cc1ccccc1. The van der Waals surface area contributed by atoms with Gasteiger partial charge in [0.1, 0.15) is 0 Å². The normalized spacial score (nSPS) is 11.3. The molecule has 0 aliphatic carbocycles. The Balaban J connectivity index is 2.01. The third-order valence-electron chi connectivity index (χ3n) is 4.11. The van der Waals surface area contributed by atoms with Crippen LogP contribution in [0.25, 0.3) is 0 Å². The molecule has 0 aliphatic rings. The third kappa shape index (κ3) is 5.04. The van der Waals surface area contributed by atoms with Crippen LogP contribution in [-0.4, -0.2) is 22.8 Å². The maximum Gasteiger partial charge on any atom is 0.164 e. The van der Waals surface area contributed by atoms with Gasteiger partial charge in [0.2, 0.25) is 0 Å². The van der Waals surface area contributed by atoms with Crippen molar-refractivity contribution in [3.05, 3.63) is 71.3 Å². The highest BCUT2D eigenvalue weighted by Gasteiger charge is 2.22. The lowest BCUT2D eigenvalue weighted by Gasteiger charge is -2.35. The number of ketones is 1. The van der Waals surface area contributed by atoms with E-state index in [1.807, 2.05) is 18.2 Å². The van der Waals surface area contributed by atoms with Gasteiger partial charge in [-0.25, -0.2) is 0 Å². The maximum absolute atomic E-state index is 12.4. The van der Waals surface area contributed by atoms with Crippen molar-refractivity contribution in [2.75, 3.05) is 6.54 Å². The van der Waals surface area contributed by atoms with Crippen molar-refractivity contribution in [3.8, 4) is 6.07 Å². The molecule has 3 nitrogen and oxygen atoms in total. The van der Waals surface area contributed by atoms with E-state index in [9.17, 15) is 4.79 Å². The largest absolute Gasteiger partial charge is 0.294 e. The Morgan fingerprint density at radius 3 is 2.21 bits per heavy atom. The zero-order chi connectivity index (χ0) is 17.6. The van der Waals surface area contributed by atoms with Crippen LogP contribution < -0.4 is 0 Å². The van der Waals surface area contributed by atoms with Crippen molar-refractivity contribution in [3.63, 3.8) is 0 Å². The van der Waals surface area contributed by atoms with Crippen LogP contribution >= 0.6 is 0 Å². The van der Waals surface area contributed by atoms with E-state index in [-0.39, 0.29) is 11.3 Å². The van der Waals surface area contributed by atoms with E-state index < -0.39 is 0 Å². The Morgan fingerprint density at radius 2 is 1.67 bits per heavy atom. The number of nitriles is 1. The lowest BCUT2D eigenvalue weighted by atomic mass is 10.0. The Bertz CT molecular complexity index is 706. The number of nitrogens with zero attached hydrogens (tertiary/aromatic N) is 2. The summed E-state index contributed by atoms with van der Waals surface area (Å²) in [4.78, 5) is 14.7. The highest BCUT2D eigenvalue weighted by atomic mass is 16.1. The van der Waals surface area contributed by atoms with Crippen LogP contribution in [0.1, 0.15) is 48.7 Å². The third-order valence-corrected chi connectivity index (χ3v) is 4.11. The fraction of sp³-hybridized carbons (Fsp3) is 0.333. The summed E-state index contributed by atoms with van der Waals surface area (Å²) in [5.74, 6) is 0.113. The molecule has 0 saturated carbocycles. The molecule has 124 valence electrons. The van der Waals surface area contributed by atoms with E-state index in [1.54, 1.807) is 24.3 Å². The van der Waals surface area contributed by atoms with Gasteiger partial charge in [0, 0.05) is 30.6 Å². The van der Waals surface area contributed by atoms with Crippen LogP contribution in [0.5, 0.6) is 0 Å². The Kier molecular flexibility index (Phi) is 5.89. The van der Waals surface area contributed by atoms with Crippen molar-refractivity contribution in [1.29, 1.82) is 5.26 Å². The van der Waals surface area contributed by atoms with Crippen LogP contribution in [-0.2, 0) is 6.54 Å². The summed E-state index contributed by atoms with van der Waals surface area (Å²) >= 11 is 0. The monoisotopic (exact) mass is 320 g/mol. The molecule has 0 unspecified atom stereocenters. The lowest BCUT2D eigenvalue weighted by molar-refractivity contribution is 0.0896. The minimum Gasteiger partial charge on any atom is -0.294 e. The van der Waals surface area contributed by atoms with Crippen LogP contribution in [0.15, 0.2) is 54.6 Å². The van der Waals surface area contributed by atoms with Gasteiger partial charge in [-0.05, 0) is 38.5 Å². The van der Waals surface area contributed by atoms with E-state index in [0.29, 0.717) is 24.1 Å². The molecule has 0 radical (unpaired) electrons. The molecule has 24 heavy (non-hydrogen) atoms. The van der Waals surface area contributed by atoms with Crippen LogP contribution in [0.4, 0.5) is 0 Å². The smallest absolute Gasteiger partial charge is 0.164 e. The zero-order valence-corrected chi connectivity index (χ0v) is 14.6. The molecule has 0 aliphatic heterocycles. The molecule has 0 spiro atoms. The number of Topliss-reactive ketones (excluding diaryl/α,β-unsaturated/α-hetero) is 1. The molecule has 0 N–H and O–H groups in total. The van der Waals surface area contributed by atoms with Crippen molar-refractivity contribution in [1.82, 2.24) is 4.90 Å². The first-order valence-electron chi connectivity index (χ1n) is 8.22. The fourth-order valence-corrected chi connectivity index (χ4v) is 2.57. The second-order valence-corrected chi connectivity index (χ2v) is 6.94. The standard InChI is InChI=1S/C21H24N2O/c1-21(2,3)23(16-18-7-5-4-6-8-18)14-13-20(24)19-11-9-17(15-22)10-12-19/h4-12H,13-14,16H2,1-3H3. The first kappa shape index (κ1) is 17.9. The molecule has 0 heterocycles. The molecule has 2 aromatic rings. The van der Waals surface area contributed by atoms with Gasteiger partial charge in [-0.3, -0.25) is 9.69 Å². The molecule has 3 heteroatoms. The summed E-state index contributed by atoms with van der Waals surface area (Å²) < 4.78 is 0. The maximum atomic E-state index is 12.4. The van der Waals surface area contributed by atoms with Crippen LogP contribution in [0.2, 0.25) is 0 Å². The zero-order valence-electron chi connectivity index (χ0n) is 14.6. The fourth-order valence-electron chi connectivity index (χ4n) is 2.57. The van der Waals surface area contributed by atoms with Crippen molar-refractivity contribution in [2.24, 2.45) is 0 Å². The van der Waals surface area contributed by atoms with Gasteiger partial charge in [-0.2, -0.15) is 5.26 Å². The summed E-state index contributed by atoms with van der Waals surface area (Å²) in [5.41, 5.74) is 2.48. The molecule has 2 rings (SSSR count). The first-order chi connectivity index (χ1) is 11.4. The molecule has 0 amide bonds. The lowest BCUT2D eigenvalue weighted by Crippen LogP contribution is -2.42. The molecule has 0 aromatic heterocycles. The van der Waals surface area contributed by atoms with Gasteiger partial charge in [0.15, 0.2) is 5.78 Å². The van der Waals surface area contributed by atoms with Crippen LogP contribution in [0.3, 0.4) is 0 Å². The van der Waals surface area contributed by atoms with E-state index >= 15 is 0 Å². The molecular formula is C21H24N2O. The summed E-state index contributed by atoms with van der Waals surface area (Å²) in [6, 6.07) is 19.2. The Hall–Kier alpha value is -2.44. The van der Waals surface area contributed by atoms with E-state index in [0.717, 1.165) is 6.54 Å². The topological polar surface area (TPSA) is 44.1 Å². The highest BCUT2D eigenvalue weighted by Crippen LogP contribution is 2.18. The Labute approximate surface area is 144 Å². The van der Waals surface area contributed by atoms with Crippen LogP contribution in [0, 0.1) is 11.3 Å². The van der Waals surface area contributed by atoms with E-state index in [4.69, 9.17) is 5.26 Å². The average Bonchev–Trinajstić information content (AvgIpc) is 2.58. The summed E-state index contributed by atoms with van der Waals surface area (Å²) in [6.45, 7) is 8.04. The minimum absolute atomic E-state index is 0.0131. The highest BCUT2D eigenvalue weighted by molar-refractivity contribution is 5.96. The predicted molar refractivity (Wildman–Crippen MR) is 96.7 cm³/mol. The molecular weight excluding hydrogens is 296 g/mol. The number of rotatable bonds is 6. The first-order valence-corrected chi connectivity index (χ1v) is 8.22. The summed E-state index contributed by atoms with van der Waals surface area (Å²) in [6.07, 6.45) is 0.468. The predicted octanol–water partition coefficient (Wildman–Crippen LogP) is 4.43. The van der Waals surface area contributed by atoms with E-state index in [2.05, 4.69) is 43.9 Å². The second-order valence-electron chi connectivity index (χ2n) is 6.94. The Morgan fingerprint density at radius 1 is 1.04 bits per heavy atom. The van der Waals surface area contributed by atoms with Gasteiger partial charge in [-0.1, -0.05) is 42.5 Å². The quantitative estimate of drug-likeness (QED) is 0.739. The van der Waals surface area contributed by atoms with Gasteiger partial charge in [0.05, 0.1) is 11.6 Å². The van der Waals surface area contributed by atoms with Gasteiger partial charge >= 0.3 is 0 Å². The molecule has 0 saturated heterocycles. The second kappa shape index (κ2) is 7.90. The number of carbonyl (C=O) groups excluding carboxylic acids is 1. The van der Waals surface area contributed by atoms with Gasteiger partial charge < -0.3 is 0 Å². The van der Waals surface area contributed by atoms with Crippen molar-refractivity contribution < 1.29 is 4.79 Å². The van der Waals surface area contributed by atoms with E-state index in [1.165, 1.54) is 5.56 Å². The molecule has 2 aromatic carbocycles. The summed E-state index contributed by atoms with van der Waals surface area (Å²) in [5, 5.41) is 8.83. The molecule has 0 bridgehead atoms.